The first-order chi connectivity index (χ1) is 11.0. The van der Waals surface area contributed by atoms with E-state index in [2.05, 4.69) is 5.32 Å². The maximum Gasteiger partial charge on any atom is 0.223 e. The second-order valence-corrected chi connectivity index (χ2v) is 5.57. The van der Waals surface area contributed by atoms with Crippen LogP contribution in [0.5, 0.6) is 0 Å². The highest BCUT2D eigenvalue weighted by Crippen LogP contribution is 2.19. The van der Waals surface area contributed by atoms with Crippen LogP contribution in [-0.4, -0.2) is 36.6 Å². The second-order valence-electron chi connectivity index (χ2n) is 5.57. The highest BCUT2D eigenvalue weighted by atomic mass is 19.1. The number of likely N-dealkylation sites (N-methyl/N-ethyl adjacent to an activating group) is 1. The molecule has 0 bridgehead atoms. The summed E-state index contributed by atoms with van der Waals surface area (Å²) in [5.74, 6) is 0.00796. The van der Waals surface area contributed by atoms with E-state index in [0.717, 1.165) is 5.76 Å². The molecule has 2 N–H and O–H groups in total. The number of carbonyl (C=O) groups is 1. The summed E-state index contributed by atoms with van der Waals surface area (Å²) in [6.45, 7) is 0.356. The molecule has 2 unspecified atom stereocenters. The first-order valence-corrected chi connectivity index (χ1v) is 7.37. The number of furan rings is 1. The molecule has 1 amide bonds. The summed E-state index contributed by atoms with van der Waals surface area (Å²) >= 11 is 0. The van der Waals surface area contributed by atoms with Crippen LogP contribution in [0.2, 0.25) is 0 Å². The lowest BCUT2D eigenvalue weighted by Gasteiger charge is -2.23. The summed E-state index contributed by atoms with van der Waals surface area (Å²) in [4.78, 5) is 13.9. The zero-order valence-electron chi connectivity index (χ0n) is 13.2. The Hall–Kier alpha value is -2.18. The van der Waals surface area contributed by atoms with E-state index in [9.17, 15) is 14.3 Å². The number of aliphatic hydroxyl groups excluding tert-OH is 1. The van der Waals surface area contributed by atoms with Crippen molar-refractivity contribution in [1.29, 1.82) is 0 Å². The molecule has 0 fully saturated rings. The molecular weight excluding hydrogens is 299 g/mol. The molecule has 2 atom stereocenters. The van der Waals surface area contributed by atoms with Crippen LogP contribution in [0.25, 0.3) is 0 Å². The Morgan fingerprint density at radius 2 is 2.13 bits per heavy atom. The Morgan fingerprint density at radius 1 is 1.35 bits per heavy atom. The fourth-order valence-corrected chi connectivity index (χ4v) is 2.31. The lowest BCUT2D eigenvalue weighted by Crippen LogP contribution is -2.34. The smallest absolute Gasteiger partial charge is 0.223 e. The van der Waals surface area contributed by atoms with Crippen molar-refractivity contribution in [3.05, 3.63) is 59.8 Å². The van der Waals surface area contributed by atoms with Gasteiger partial charge in [-0.25, -0.2) is 4.39 Å². The Labute approximate surface area is 134 Å². The average molecular weight is 320 g/mol. The van der Waals surface area contributed by atoms with Crippen LogP contribution in [0.1, 0.15) is 29.9 Å². The van der Waals surface area contributed by atoms with E-state index in [4.69, 9.17) is 4.42 Å². The van der Waals surface area contributed by atoms with Crippen molar-refractivity contribution in [2.75, 3.05) is 20.6 Å². The molecule has 0 saturated heterocycles. The Bertz CT molecular complexity index is 629. The third-order valence-corrected chi connectivity index (χ3v) is 3.60. The van der Waals surface area contributed by atoms with Crippen molar-refractivity contribution in [2.45, 2.75) is 18.6 Å². The molecular formula is C17H21FN2O3. The predicted molar refractivity (Wildman–Crippen MR) is 84.1 cm³/mol. The maximum absolute atomic E-state index is 13.1. The molecule has 0 aliphatic carbocycles. The van der Waals surface area contributed by atoms with Crippen molar-refractivity contribution < 1.29 is 18.7 Å². The number of rotatable bonds is 7. The first-order valence-electron chi connectivity index (χ1n) is 7.37. The van der Waals surface area contributed by atoms with Crippen LogP contribution in [0.3, 0.4) is 0 Å². The van der Waals surface area contributed by atoms with Gasteiger partial charge < -0.3 is 14.8 Å². The van der Waals surface area contributed by atoms with Crippen LogP contribution in [0.4, 0.5) is 4.39 Å². The normalized spacial score (nSPS) is 13.8. The zero-order chi connectivity index (χ0) is 16.8. The number of nitrogens with one attached hydrogen (secondary N) is 1. The van der Waals surface area contributed by atoms with Crippen LogP contribution >= 0.6 is 0 Å². The lowest BCUT2D eigenvalue weighted by atomic mass is 10.1. The van der Waals surface area contributed by atoms with E-state index in [1.54, 1.807) is 18.4 Å². The lowest BCUT2D eigenvalue weighted by molar-refractivity contribution is -0.123. The van der Waals surface area contributed by atoms with Gasteiger partial charge in [-0.3, -0.25) is 9.69 Å². The molecule has 1 aromatic heterocycles. The van der Waals surface area contributed by atoms with Gasteiger partial charge in [0.15, 0.2) is 0 Å². The van der Waals surface area contributed by atoms with E-state index in [0.29, 0.717) is 12.1 Å². The summed E-state index contributed by atoms with van der Waals surface area (Å²) in [5, 5.41) is 12.8. The zero-order valence-corrected chi connectivity index (χ0v) is 13.2. The van der Waals surface area contributed by atoms with Gasteiger partial charge >= 0.3 is 0 Å². The molecule has 2 rings (SSSR count). The summed E-state index contributed by atoms with van der Waals surface area (Å²) in [5.41, 5.74) is 0.385. The second kappa shape index (κ2) is 7.89. The van der Waals surface area contributed by atoms with Gasteiger partial charge in [-0.15, -0.1) is 0 Å². The van der Waals surface area contributed by atoms with Crippen LogP contribution < -0.4 is 5.32 Å². The number of nitrogens with zero attached hydrogens (tertiary/aromatic N) is 1. The molecule has 5 nitrogen and oxygen atoms in total. The van der Waals surface area contributed by atoms with Crippen molar-refractivity contribution in [3.63, 3.8) is 0 Å². The minimum Gasteiger partial charge on any atom is -0.468 e. The van der Waals surface area contributed by atoms with Gasteiger partial charge in [0, 0.05) is 6.54 Å². The molecule has 6 heteroatoms. The van der Waals surface area contributed by atoms with Gasteiger partial charge in [0.1, 0.15) is 11.6 Å². The molecule has 0 aliphatic heterocycles. The molecule has 2 aromatic rings. The summed E-state index contributed by atoms with van der Waals surface area (Å²) < 4.78 is 18.5. The third kappa shape index (κ3) is 4.91. The Balaban J connectivity index is 1.89. The number of benzene rings is 1. The third-order valence-electron chi connectivity index (χ3n) is 3.60. The number of hydrogen-bond donors (Lipinski definition) is 2. The van der Waals surface area contributed by atoms with Crippen molar-refractivity contribution in [2.24, 2.45) is 0 Å². The fraction of sp³-hybridized carbons (Fsp3) is 0.353. The highest BCUT2D eigenvalue weighted by molar-refractivity contribution is 5.76. The van der Waals surface area contributed by atoms with Crippen LogP contribution in [0, 0.1) is 5.82 Å². The van der Waals surface area contributed by atoms with E-state index in [-0.39, 0.29) is 18.4 Å². The van der Waals surface area contributed by atoms with E-state index in [1.165, 1.54) is 18.2 Å². The average Bonchev–Trinajstić information content (AvgIpc) is 3.01. The van der Waals surface area contributed by atoms with E-state index < -0.39 is 11.9 Å². The van der Waals surface area contributed by atoms with Crippen molar-refractivity contribution in [3.8, 4) is 0 Å². The predicted octanol–water partition coefficient (Wildman–Crippen LogP) is 2.26. The maximum atomic E-state index is 13.1. The topological polar surface area (TPSA) is 65.7 Å². The van der Waals surface area contributed by atoms with E-state index >= 15 is 0 Å². The van der Waals surface area contributed by atoms with Crippen molar-refractivity contribution in [1.82, 2.24) is 10.2 Å². The quantitative estimate of drug-likeness (QED) is 0.821. The Morgan fingerprint density at radius 3 is 2.74 bits per heavy atom. The van der Waals surface area contributed by atoms with Gasteiger partial charge in [0.05, 0.1) is 24.8 Å². The molecule has 1 aromatic carbocycles. The van der Waals surface area contributed by atoms with Gasteiger partial charge in [-0.05, 0) is 43.9 Å². The first kappa shape index (κ1) is 17.2. The monoisotopic (exact) mass is 320 g/mol. The molecule has 0 spiro atoms. The van der Waals surface area contributed by atoms with Crippen LogP contribution in [0.15, 0.2) is 47.1 Å². The highest BCUT2D eigenvalue weighted by Gasteiger charge is 2.19. The number of carbonyl (C=O) groups excluding carboxylic acids is 1. The number of aliphatic hydroxyl groups is 1. The molecule has 0 aliphatic rings. The summed E-state index contributed by atoms with van der Waals surface area (Å²) in [7, 11) is 3.78. The Kier molecular flexibility index (Phi) is 5.90. The largest absolute Gasteiger partial charge is 0.468 e. The van der Waals surface area contributed by atoms with Crippen LogP contribution in [-0.2, 0) is 4.79 Å². The summed E-state index contributed by atoms with van der Waals surface area (Å²) in [6, 6.07) is 9.15. The number of halogens is 1. The number of amides is 1. The summed E-state index contributed by atoms with van der Waals surface area (Å²) in [6.07, 6.45) is 0.426. The van der Waals surface area contributed by atoms with Gasteiger partial charge in [0.2, 0.25) is 5.91 Å². The molecule has 1 heterocycles. The molecule has 124 valence electrons. The van der Waals surface area contributed by atoms with Gasteiger partial charge in [-0.1, -0.05) is 12.1 Å². The van der Waals surface area contributed by atoms with Gasteiger partial charge in [-0.2, -0.15) is 0 Å². The number of hydrogen-bond acceptors (Lipinski definition) is 4. The minimum atomic E-state index is -1.04. The minimum absolute atomic E-state index is 0.0970. The van der Waals surface area contributed by atoms with Gasteiger partial charge in [0.25, 0.3) is 0 Å². The SMILES string of the molecule is CN(C)C(CNC(=O)CC(O)c1cccc(F)c1)c1ccco1. The fourth-order valence-electron chi connectivity index (χ4n) is 2.31. The molecule has 0 saturated carbocycles. The molecule has 23 heavy (non-hydrogen) atoms. The molecule has 0 radical (unpaired) electrons. The van der Waals surface area contributed by atoms with E-state index in [1.807, 2.05) is 25.1 Å². The standard InChI is InChI=1S/C17H21FN2O3/c1-20(2)14(16-7-4-8-23-16)11-19-17(22)10-15(21)12-5-3-6-13(18)9-12/h3-9,14-15,21H,10-11H2,1-2H3,(H,19,22). The van der Waals surface area contributed by atoms with Crippen molar-refractivity contribution >= 4 is 5.91 Å².